The first-order valence-corrected chi connectivity index (χ1v) is 4.81. The molecular formula is C10H7ClN4O. The average molecular weight is 235 g/mol. The molecule has 0 bridgehead atoms. The number of hydrogen-bond donors (Lipinski definition) is 1. The Morgan fingerprint density at radius 1 is 1.31 bits per heavy atom. The summed E-state index contributed by atoms with van der Waals surface area (Å²) < 4.78 is 0. The fraction of sp³-hybridized carbons (Fsp3) is 0. The van der Waals surface area contributed by atoms with Crippen LogP contribution in [0.15, 0.2) is 37.1 Å². The van der Waals surface area contributed by atoms with Crippen LogP contribution in [0.4, 0.5) is 5.69 Å². The largest absolute Gasteiger partial charge is 0.322 e. The number of rotatable bonds is 2. The van der Waals surface area contributed by atoms with Gasteiger partial charge in [-0.1, -0.05) is 11.6 Å². The molecule has 1 N–H and O–H groups in total. The molecule has 16 heavy (non-hydrogen) atoms. The minimum atomic E-state index is -0.289. The highest BCUT2D eigenvalue weighted by molar-refractivity contribution is 6.29. The minimum Gasteiger partial charge on any atom is -0.322 e. The van der Waals surface area contributed by atoms with E-state index in [1.54, 1.807) is 12.1 Å². The first-order valence-electron chi connectivity index (χ1n) is 4.43. The van der Waals surface area contributed by atoms with Crippen molar-refractivity contribution in [3.63, 3.8) is 0 Å². The number of amides is 1. The minimum absolute atomic E-state index is 0.289. The zero-order valence-corrected chi connectivity index (χ0v) is 8.85. The molecular weight excluding hydrogens is 228 g/mol. The maximum absolute atomic E-state index is 11.7. The van der Waals surface area contributed by atoms with Crippen LogP contribution < -0.4 is 5.32 Å². The third-order valence-electron chi connectivity index (χ3n) is 1.81. The van der Waals surface area contributed by atoms with Crippen LogP contribution in [0.25, 0.3) is 0 Å². The fourth-order valence-electron chi connectivity index (χ4n) is 1.10. The topological polar surface area (TPSA) is 67.8 Å². The Bertz CT molecular complexity index is 503. The molecule has 0 aliphatic heterocycles. The third-order valence-corrected chi connectivity index (χ3v) is 2.01. The molecule has 0 radical (unpaired) electrons. The van der Waals surface area contributed by atoms with Gasteiger partial charge in [-0.25, -0.2) is 15.0 Å². The summed E-state index contributed by atoms with van der Waals surface area (Å²) in [6.07, 6.45) is 5.75. The standard InChI is InChI=1S/C10H7ClN4O/c11-9-3-8(1-2-14-9)15-10(16)7-4-12-6-13-5-7/h1-6H,(H,14,15,16). The summed E-state index contributed by atoms with van der Waals surface area (Å²) in [6, 6.07) is 3.21. The van der Waals surface area contributed by atoms with Crippen LogP contribution in [0.5, 0.6) is 0 Å². The highest BCUT2D eigenvalue weighted by atomic mass is 35.5. The molecule has 80 valence electrons. The zero-order valence-electron chi connectivity index (χ0n) is 8.09. The average Bonchev–Trinajstić information content (AvgIpc) is 2.30. The van der Waals surface area contributed by atoms with Gasteiger partial charge in [0, 0.05) is 24.3 Å². The molecule has 1 amide bonds. The number of nitrogens with zero attached hydrogens (tertiary/aromatic N) is 3. The predicted octanol–water partition coefficient (Wildman–Crippen LogP) is 1.78. The number of nitrogens with one attached hydrogen (secondary N) is 1. The number of aromatic nitrogens is 3. The van der Waals surface area contributed by atoms with E-state index in [0.29, 0.717) is 16.4 Å². The van der Waals surface area contributed by atoms with Crippen LogP contribution in [0.3, 0.4) is 0 Å². The van der Waals surface area contributed by atoms with E-state index in [1.165, 1.54) is 24.9 Å². The summed E-state index contributed by atoms with van der Waals surface area (Å²) in [6.45, 7) is 0. The normalized spacial score (nSPS) is 9.81. The van der Waals surface area contributed by atoms with E-state index in [0.717, 1.165) is 0 Å². The van der Waals surface area contributed by atoms with Gasteiger partial charge in [-0.3, -0.25) is 4.79 Å². The van der Waals surface area contributed by atoms with Gasteiger partial charge in [0.05, 0.1) is 5.56 Å². The lowest BCUT2D eigenvalue weighted by atomic mass is 10.3. The zero-order chi connectivity index (χ0) is 11.4. The third kappa shape index (κ3) is 2.52. The van der Waals surface area contributed by atoms with Crippen molar-refractivity contribution in [3.8, 4) is 0 Å². The van der Waals surface area contributed by atoms with E-state index in [9.17, 15) is 4.79 Å². The van der Waals surface area contributed by atoms with Crippen molar-refractivity contribution in [2.45, 2.75) is 0 Å². The van der Waals surface area contributed by atoms with Crippen molar-refractivity contribution in [1.82, 2.24) is 15.0 Å². The van der Waals surface area contributed by atoms with Gasteiger partial charge in [0.25, 0.3) is 5.91 Å². The number of carbonyl (C=O) groups is 1. The highest BCUT2D eigenvalue weighted by Crippen LogP contribution is 2.12. The van der Waals surface area contributed by atoms with Crippen LogP contribution in [0.2, 0.25) is 5.15 Å². The van der Waals surface area contributed by atoms with Gasteiger partial charge >= 0.3 is 0 Å². The van der Waals surface area contributed by atoms with Gasteiger partial charge in [0.1, 0.15) is 11.5 Å². The van der Waals surface area contributed by atoms with E-state index in [2.05, 4.69) is 20.3 Å². The first-order chi connectivity index (χ1) is 7.75. The molecule has 2 heterocycles. The molecule has 0 aliphatic carbocycles. The molecule has 0 saturated heterocycles. The van der Waals surface area contributed by atoms with Gasteiger partial charge in [-0.15, -0.1) is 0 Å². The van der Waals surface area contributed by atoms with Crippen molar-refractivity contribution < 1.29 is 4.79 Å². The van der Waals surface area contributed by atoms with Gasteiger partial charge in [-0.05, 0) is 12.1 Å². The summed E-state index contributed by atoms with van der Waals surface area (Å²) in [4.78, 5) is 23.0. The Morgan fingerprint density at radius 2 is 2.06 bits per heavy atom. The van der Waals surface area contributed by atoms with Crippen LogP contribution in [0, 0.1) is 0 Å². The monoisotopic (exact) mass is 234 g/mol. The second-order valence-electron chi connectivity index (χ2n) is 2.95. The predicted molar refractivity (Wildman–Crippen MR) is 59.2 cm³/mol. The molecule has 0 saturated carbocycles. The van der Waals surface area contributed by atoms with Gasteiger partial charge in [0.2, 0.25) is 0 Å². The SMILES string of the molecule is O=C(Nc1ccnc(Cl)c1)c1cncnc1. The molecule has 0 aromatic carbocycles. The van der Waals surface area contributed by atoms with Crippen molar-refractivity contribution in [2.75, 3.05) is 5.32 Å². The number of halogens is 1. The Morgan fingerprint density at radius 3 is 2.75 bits per heavy atom. The Labute approximate surface area is 96.5 Å². The summed E-state index contributed by atoms with van der Waals surface area (Å²) >= 11 is 5.69. The molecule has 0 atom stereocenters. The molecule has 0 unspecified atom stereocenters. The number of hydrogen-bond acceptors (Lipinski definition) is 4. The van der Waals surface area contributed by atoms with Gasteiger partial charge in [-0.2, -0.15) is 0 Å². The Balaban J connectivity index is 2.14. The second kappa shape index (κ2) is 4.67. The van der Waals surface area contributed by atoms with Gasteiger partial charge in [0.15, 0.2) is 0 Å². The number of pyridine rings is 1. The van der Waals surface area contributed by atoms with Crippen LogP contribution in [0.1, 0.15) is 10.4 Å². The number of carbonyl (C=O) groups excluding carboxylic acids is 1. The highest BCUT2D eigenvalue weighted by Gasteiger charge is 2.06. The lowest BCUT2D eigenvalue weighted by Crippen LogP contribution is -2.12. The first kappa shape index (κ1) is 10.5. The van der Waals surface area contributed by atoms with Crippen molar-refractivity contribution >= 4 is 23.2 Å². The molecule has 0 fully saturated rings. The lowest BCUT2D eigenvalue weighted by molar-refractivity contribution is 0.102. The van der Waals surface area contributed by atoms with E-state index in [1.807, 2.05) is 0 Å². The smallest absolute Gasteiger partial charge is 0.258 e. The summed E-state index contributed by atoms with van der Waals surface area (Å²) in [5, 5.41) is 2.98. The molecule has 2 aromatic heterocycles. The summed E-state index contributed by atoms with van der Waals surface area (Å²) in [5.74, 6) is -0.289. The van der Waals surface area contributed by atoms with Crippen molar-refractivity contribution in [3.05, 3.63) is 47.8 Å². The number of anilines is 1. The lowest BCUT2D eigenvalue weighted by Gasteiger charge is -2.03. The Hall–Kier alpha value is -2.01. The maximum Gasteiger partial charge on any atom is 0.258 e. The van der Waals surface area contributed by atoms with Crippen LogP contribution >= 0.6 is 11.6 Å². The van der Waals surface area contributed by atoms with E-state index >= 15 is 0 Å². The molecule has 2 aromatic rings. The van der Waals surface area contributed by atoms with Crippen LogP contribution in [-0.4, -0.2) is 20.9 Å². The molecule has 0 aliphatic rings. The molecule has 6 heteroatoms. The van der Waals surface area contributed by atoms with E-state index < -0.39 is 0 Å². The van der Waals surface area contributed by atoms with E-state index in [4.69, 9.17) is 11.6 Å². The summed E-state index contributed by atoms with van der Waals surface area (Å²) in [5.41, 5.74) is 0.962. The molecule has 5 nitrogen and oxygen atoms in total. The molecule has 2 rings (SSSR count). The van der Waals surface area contributed by atoms with Crippen molar-refractivity contribution in [1.29, 1.82) is 0 Å². The Kier molecular flexibility index (Phi) is 3.07. The van der Waals surface area contributed by atoms with Crippen molar-refractivity contribution in [2.24, 2.45) is 0 Å². The van der Waals surface area contributed by atoms with Crippen LogP contribution in [-0.2, 0) is 0 Å². The van der Waals surface area contributed by atoms with Gasteiger partial charge < -0.3 is 5.32 Å². The second-order valence-corrected chi connectivity index (χ2v) is 3.34. The fourth-order valence-corrected chi connectivity index (χ4v) is 1.27. The summed E-state index contributed by atoms with van der Waals surface area (Å²) in [7, 11) is 0. The van der Waals surface area contributed by atoms with E-state index in [-0.39, 0.29) is 5.91 Å². The maximum atomic E-state index is 11.7. The quantitative estimate of drug-likeness (QED) is 0.805. The molecule has 0 spiro atoms.